The van der Waals surface area contributed by atoms with E-state index in [2.05, 4.69) is 31.2 Å². The molecule has 2 heterocycles. The molecule has 0 aliphatic carbocycles. The van der Waals surface area contributed by atoms with E-state index in [1.54, 1.807) is 12.1 Å². The first-order chi connectivity index (χ1) is 22.2. The van der Waals surface area contributed by atoms with E-state index in [-0.39, 0.29) is 18.5 Å². The number of aliphatic hydroxyl groups excluding tert-OH is 1. The van der Waals surface area contributed by atoms with Gasteiger partial charge >= 0.3 is 0 Å². The molecular weight excluding hydrogens is 576 g/mol. The molecule has 0 atom stereocenters. The van der Waals surface area contributed by atoms with Crippen LogP contribution in [0.25, 0.3) is 11.6 Å². The molecule has 1 aliphatic heterocycles. The van der Waals surface area contributed by atoms with Crippen molar-refractivity contribution in [1.29, 1.82) is 0 Å². The lowest BCUT2D eigenvalue weighted by molar-refractivity contribution is 0.0948. The third kappa shape index (κ3) is 7.67. The molecule has 0 unspecified atom stereocenters. The van der Waals surface area contributed by atoms with Crippen molar-refractivity contribution in [2.75, 3.05) is 48.9 Å². The minimum Gasteiger partial charge on any atom is -0.377 e. The van der Waals surface area contributed by atoms with Gasteiger partial charge in [0.05, 0.1) is 16.9 Å². The van der Waals surface area contributed by atoms with E-state index in [1.165, 1.54) is 12.8 Å². The summed E-state index contributed by atoms with van der Waals surface area (Å²) in [5.41, 5.74) is 9.68. The topological polar surface area (TPSA) is 122 Å². The Morgan fingerprint density at radius 3 is 2.43 bits per heavy atom. The molecule has 6 N–H and O–H groups in total. The molecule has 4 aromatic rings. The van der Waals surface area contributed by atoms with Crippen LogP contribution >= 0.6 is 0 Å². The zero-order valence-electron chi connectivity index (χ0n) is 27.1. The summed E-state index contributed by atoms with van der Waals surface area (Å²) in [6.45, 7) is 11.4. The summed E-state index contributed by atoms with van der Waals surface area (Å²) in [6, 6.07) is 20.7. The number of para-hydroxylation sites is 1. The SMILES string of the molecule is C/C(=C\c1[nH]c(C)c(C(=O)NCCN2CCCC2)c1C)c1cccc(Nc2cc(NC(=O)c3ccccc3)ccc2C)c1NCO. The van der Waals surface area contributed by atoms with Crippen molar-refractivity contribution < 1.29 is 14.7 Å². The number of aromatic amines is 1. The lowest BCUT2D eigenvalue weighted by Crippen LogP contribution is -2.33. The minimum atomic E-state index is -0.256. The number of rotatable bonds is 12. The number of amides is 2. The number of nitrogens with one attached hydrogen (secondary N) is 5. The summed E-state index contributed by atoms with van der Waals surface area (Å²) in [4.78, 5) is 31.7. The number of aryl methyl sites for hydroxylation is 2. The van der Waals surface area contributed by atoms with Gasteiger partial charge < -0.3 is 36.3 Å². The summed E-state index contributed by atoms with van der Waals surface area (Å²) < 4.78 is 0. The lowest BCUT2D eigenvalue weighted by atomic mass is 10.0. The summed E-state index contributed by atoms with van der Waals surface area (Å²) in [6.07, 6.45) is 4.50. The van der Waals surface area contributed by atoms with Gasteiger partial charge in [-0.05, 0) is 107 Å². The van der Waals surface area contributed by atoms with Gasteiger partial charge in [0.2, 0.25) is 0 Å². The van der Waals surface area contributed by atoms with Crippen molar-refractivity contribution in [1.82, 2.24) is 15.2 Å². The smallest absolute Gasteiger partial charge is 0.255 e. The average molecular weight is 621 g/mol. The summed E-state index contributed by atoms with van der Waals surface area (Å²) in [7, 11) is 0. The molecule has 1 aliphatic rings. The van der Waals surface area contributed by atoms with Gasteiger partial charge in [-0.3, -0.25) is 9.59 Å². The lowest BCUT2D eigenvalue weighted by Gasteiger charge is -2.19. The highest BCUT2D eigenvalue weighted by atomic mass is 16.3. The number of allylic oxidation sites excluding steroid dienone is 1. The zero-order valence-corrected chi connectivity index (χ0v) is 27.1. The van der Waals surface area contributed by atoms with Crippen LogP contribution in [0, 0.1) is 20.8 Å². The van der Waals surface area contributed by atoms with Crippen LogP contribution in [0.4, 0.5) is 22.7 Å². The number of nitrogens with zero attached hydrogens (tertiary/aromatic N) is 1. The Hall–Kier alpha value is -4.86. The molecule has 5 rings (SSSR count). The number of aliphatic hydroxyl groups is 1. The normalized spacial score (nSPS) is 13.5. The maximum atomic E-state index is 13.1. The van der Waals surface area contributed by atoms with Gasteiger partial charge in [-0.1, -0.05) is 36.4 Å². The quantitative estimate of drug-likeness (QED) is 0.0983. The number of carbonyl (C=O) groups excluding carboxylic acids is 2. The van der Waals surface area contributed by atoms with Crippen LogP contribution in [0.15, 0.2) is 66.7 Å². The molecule has 9 heteroatoms. The molecular formula is C37H44N6O3. The Morgan fingerprint density at radius 1 is 0.935 bits per heavy atom. The first-order valence-corrected chi connectivity index (χ1v) is 15.9. The molecule has 2 amide bonds. The fourth-order valence-electron chi connectivity index (χ4n) is 6.00. The first kappa shape index (κ1) is 32.5. The Balaban J connectivity index is 1.36. The molecule has 1 saturated heterocycles. The highest BCUT2D eigenvalue weighted by Gasteiger charge is 2.19. The maximum Gasteiger partial charge on any atom is 0.255 e. The van der Waals surface area contributed by atoms with Gasteiger partial charge in [-0.15, -0.1) is 0 Å². The fourth-order valence-corrected chi connectivity index (χ4v) is 6.00. The number of H-pyrrole nitrogens is 1. The van der Waals surface area contributed by atoms with Crippen molar-refractivity contribution in [3.63, 3.8) is 0 Å². The second kappa shape index (κ2) is 14.9. The summed E-state index contributed by atoms with van der Waals surface area (Å²) in [5.74, 6) is -0.243. The van der Waals surface area contributed by atoms with E-state index in [1.807, 2.05) is 88.4 Å². The number of benzene rings is 3. The second-order valence-corrected chi connectivity index (χ2v) is 11.8. The molecule has 0 bridgehead atoms. The molecule has 46 heavy (non-hydrogen) atoms. The fraction of sp³-hybridized carbons (Fsp3) is 0.297. The molecule has 0 radical (unpaired) electrons. The Bertz CT molecular complexity index is 1720. The van der Waals surface area contributed by atoms with E-state index in [0.29, 0.717) is 23.4 Å². The molecule has 3 aromatic carbocycles. The molecule has 240 valence electrons. The van der Waals surface area contributed by atoms with Crippen molar-refractivity contribution in [3.05, 3.63) is 106 Å². The Morgan fingerprint density at radius 2 is 1.70 bits per heavy atom. The molecule has 1 fully saturated rings. The Kier molecular flexibility index (Phi) is 10.6. The third-order valence-corrected chi connectivity index (χ3v) is 8.52. The molecule has 9 nitrogen and oxygen atoms in total. The second-order valence-electron chi connectivity index (χ2n) is 11.8. The number of hydrogen-bond acceptors (Lipinski definition) is 6. The van der Waals surface area contributed by atoms with E-state index in [4.69, 9.17) is 0 Å². The van der Waals surface area contributed by atoms with Crippen LogP contribution in [0.2, 0.25) is 0 Å². The molecule has 1 aromatic heterocycles. The standard InChI is InChI=1S/C37H44N6O3/c1-24-15-16-29(41-36(45)28-11-6-5-7-12-28)22-32(24)42-31-14-10-13-30(35(31)39-23-44)25(2)21-33-26(3)34(27(4)40-33)37(46)38-17-20-43-18-8-9-19-43/h5-7,10-16,21-22,39-40,42,44H,8-9,17-20,23H2,1-4H3,(H,38,46)(H,41,45)/b25-21+. The van der Waals surface area contributed by atoms with Crippen molar-refractivity contribution in [2.45, 2.75) is 40.5 Å². The number of carbonyl (C=O) groups is 2. The predicted molar refractivity (Wildman–Crippen MR) is 188 cm³/mol. The monoisotopic (exact) mass is 620 g/mol. The summed E-state index contributed by atoms with van der Waals surface area (Å²) in [5, 5.41) is 22.6. The largest absolute Gasteiger partial charge is 0.377 e. The van der Waals surface area contributed by atoms with Gasteiger partial charge in [0.1, 0.15) is 6.73 Å². The van der Waals surface area contributed by atoms with Crippen LogP contribution in [-0.4, -0.2) is 59.7 Å². The average Bonchev–Trinajstić information content (AvgIpc) is 3.66. The van der Waals surface area contributed by atoms with Crippen molar-refractivity contribution in [3.8, 4) is 0 Å². The number of anilines is 4. The van der Waals surface area contributed by atoms with Gasteiger partial charge in [0.25, 0.3) is 11.8 Å². The van der Waals surface area contributed by atoms with Crippen LogP contribution in [-0.2, 0) is 0 Å². The molecule has 0 saturated carbocycles. The van der Waals surface area contributed by atoms with Gasteiger partial charge in [0, 0.05) is 47.0 Å². The number of aromatic nitrogens is 1. The predicted octanol–water partition coefficient (Wildman–Crippen LogP) is 6.68. The van der Waals surface area contributed by atoms with Crippen LogP contribution in [0.5, 0.6) is 0 Å². The van der Waals surface area contributed by atoms with Crippen LogP contribution in [0.1, 0.15) is 68.6 Å². The van der Waals surface area contributed by atoms with Gasteiger partial charge in [0.15, 0.2) is 0 Å². The van der Waals surface area contributed by atoms with E-state index < -0.39 is 0 Å². The zero-order chi connectivity index (χ0) is 32.6. The van der Waals surface area contributed by atoms with Crippen LogP contribution < -0.4 is 21.3 Å². The van der Waals surface area contributed by atoms with E-state index >= 15 is 0 Å². The molecule has 0 spiro atoms. The minimum absolute atomic E-state index is 0.0610. The number of hydrogen-bond donors (Lipinski definition) is 6. The van der Waals surface area contributed by atoms with Crippen molar-refractivity contribution >= 4 is 46.2 Å². The number of likely N-dealkylation sites (tertiary alicyclic amines) is 1. The van der Waals surface area contributed by atoms with Gasteiger partial charge in [-0.25, -0.2) is 0 Å². The highest BCUT2D eigenvalue weighted by Crippen LogP contribution is 2.36. The van der Waals surface area contributed by atoms with Crippen molar-refractivity contribution in [2.24, 2.45) is 0 Å². The first-order valence-electron chi connectivity index (χ1n) is 15.9. The van der Waals surface area contributed by atoms with E-state index in [9.17, 15) is 14.7 Å². The Labute approximate surface area is 271 Å². The highest BCUT2D eigenvalue weighted by molar-refractivity contribution is 6.04. The maximum absolute atomic E-state index is 13.1. The van der Waals surface area contributed by atoms with E-state index in [0.717, 1.165) is 70.3 Å². The van der Waals surface area contributed by atoms with Gasteiger partial charge in [-0.2, -0.15) is 0 Å². The summed E-state index contributed by atoms with van der Waals surface area (Å²) >= 11 is 0. The van der Waals surface area contributed by atoms with Crippen LogP contribution in [0.3, 0.4) is 0 Å². The third-order valence-electron chi connectivity index (χ3n) is 8.52.